The summed E-state index contributed by atoms with van der Waals surface area (Å²) in [4.78, 5) is 8.23. The monoisotopic (exact) mass is 330 g/mol. The van der Waals surface area contributed by atoms with Crippen LogP contribution in [0.1, 0.15) is 12.1 Å². The molecule has 0 saturated carbocycles. The number of aromatic amines is 1. The Balaban J connectivity index is 2.00. The van der Waals surface area contributed by atoms with Crippen LogP contribution < -0.4 is 5.32 Å². The minimum absolute atomic E-state index is 0.961. The maximum atomic E-state index is 4.79. The molecule has 3 heterocycles. The van der Waals surface area contributed by atoms with Crippen molar-refractivity contribution in [2.45, 2.75) is 19.9 Å². The molecule has 0 radical (unpaired) electrons. The number of fused-ring (bicyclic) bond motifs is 2. The summed E-state index contributed by atoms with van der Waals surface area (Å²) in [6, 6.07) is 8.37. The molecular formula is C15H15BrN4. The lowest BCUT2D eigenvalue weighted by atomic mass is 10.1. The summed E-state index contributed by atoms with van der Waals surface area (Å²) in [6.07, 6.45) is 1.13. The topological polar surface area (TPSA) is 45.6 Å². The third kappa shape index (κ3) is 1.62. The zero-order chi connectivity index (χ0) is 13.7. The second kappa shape index (κ2) is 4.38. The zero-order valence-corrected chi connectivity index (χ0v) is 12.8. The van der Waals surface area contributed by atoms with Gasteiger partial charge in [-0.1, -0.05) is 18.2 Å². The van der Waals surface area contributed by atoms with Gasteiger partial charge in [0, 0.05) is 35.2 Å². The maximum absolute atomic E-state index is 4.79. The van der Waals surface area contributed by atoms with Crippen molar-refractivity contribution in [1.29, 1.82) is 0 Å². The number of hydrogen-bond acceptors (Lipinski definition) is 2. The highest BCUT2D eigenvalue weighted by molar-refractivity contribution is 9.10. The number of para-hydroxylation sites is 1. The molecule has 1 aliphatic heterocycles. The standard InChI is InChI=1S/C15H15BrN4/c1-9-12(10-5-2-3-6-11(10)18-9)13-14(16)20-8-4-7-17-15(20)19-13/h2-3,5-6,18H,4,7-8H2,1H3,(H,17,19). The summed E-state index contributed by atoms with van der Waals surface area (Å²) in [6.45, 7) is 4.11. The average molecular weight is 331 g/mol. The van der Waals surface area contributed by atoms with Gasteiger partial charge in [-0.05, 0) is 35.3 Å². The van der Waals surface area contributed by atoms with Crippen LogP contribution in [0.3, 0.4) is 0 Å². The Hall–Kier alpha value is -1.75. The van der Waals surface area contributed by atoms with Crippen LogP contribution in [0, 0.1) is 6.92 Å². The van der Waals surface area contributed by atoms with E-state index in [2.05, 4.69) is 62.0 Å². The Kier molecular flexibility index (Phi) is 2.63. The summed E-state index contributed by atoms with van der Waals surface area (Å²) in [7, 11) is 0. The van der Waals surface area contributed by atoms with Crippen molar-refractivity contribution in [2.75, 3.05) is 11.9 Å². The summed E-state index contributed by atoms with van der Waals surface area (Å²) in [5.74, 6) is 0.961. The zero-order valence-electron chi connectivity index (χ0n) is 11.2. The molecule has 1 aliphatic rings. The number of hydrogen-bond donors (Lipinski definition) is 2. The molecule has 3 aromatic rings. The van der Waals surface area contributed by atoms with E-state index >= 15 is 0 Å². The van der Waals surface area contributed by atoms with Gasteiger partial charge in [0.1, 0.15) is 10.3 Å². The van der Waals surface area contributed by atoms with E-state index in [4.69, 9.17) is 4.98 Å². The van der Waals surface area contributed by atoms with Crippen LogP contribution in [0.4, 0.5) is 5.95 Å². The molecule has 20 heavy (non-hydrogen) atoms. The Morgan fingerprint density at radius 3 is 3.00 bits per heavy atom. The van der Waals surface area contributed by atoms with Gasteiger partial charge >= 0.3 is 0 Å². The number of nitrogens with zero attached hydrogens (tertiary/aromatic N) is 2. The van der Waals surface area contributed by atoms with Gasteiger partial charge in [-0.2, -0.15) is 0 Å². The SMILES string of the molecule is Cc1[nH]c2ccccc2c1-c1nc2n(c1Br)CCCN2. The molecule has 102 valence electrons. The first kappa shape index (κ1) is 12.0. The van der Waals surface area contributed by atoms with Crippen LogP contribution in [-0.4, -0.2) is 21.1 Å². The van der Waals surface area contributed by atoms with Crippen molar-refractivity contribution in [2.24, 2.45) is 0 Å². The number of aromatic nitrogens is 3. The van der Waals surface area contributed by atoms with Gasteiger partial charge in [0.2, 0.25) is 5.95 Å². The number of rotatable bonds is 1. The second-order valence-electron chi connectivity index (χ2n) is 5.18. The normalized spacial score (nSPS) is 14.3. The molecule has 0 saturated heterocycles. The van der Waals surface area contributed by atoms with E-state index in [1.54, 1.807) is 0 Å². The van der Waals surface area contributed by atoms with E-state index in [9.17, 15) is 0 Å². The molecule has 2 aromatic heterocycles. The minimum Gasteiger partial charge on any atom is -0.358 e. The van der Waals surface area contributed by atoms with Gasteiger partial charge in [-0.3, -0.25) is 0 Å². The number of imidazole rings is 1. The number of H-pyrrole nitrogens is 1. The Labute approximate surface area is 125 Å². The summed E-state index contributed by atoms with van der Waals surface area (Å²) >= 11 is 3.72. The Morgan fingerprint density at radius 2 is 2.15 bits per heavy atom. The van der Waals surface area contributed by atoms with Crippen LogP contribution in [0.15, 0.2) is 28.9 Å². The molecule has 0 bridgehead atoms. The van der Waals surface area contributed by atoms with Crippen molar-refractivity contribution in [3.05, 3.63) is 34.6 Å². The fraction of sp³-hybridized carbons (Fsp3) is 0.267. The second-order valence-corrected chi connectivity index (χ2v) is 5.93. The third-order valence-corrected chi connectivity index (χ3v) is 4.68. The van der Waals surface area contributed by atoms with Crippen molar-refractivity contribution in [1.82, 2.24) is 14.5 Å². The molecule has 4 nitrogen and oxygen atoms in total. The van der Waals surface area contributed by atoms with Gasteiger partial charge in [-0.25, -0.2) is 4.98 Å². The molecule has 0 spiro atoms. The molecule has 0 amide bonds. The first-order valence-electron chi connectivity index (χ1n) is 6.83. The molecule has 0 fully saturated rings. The highest BCUT2D eigenvalue weighted by Crippen LogP contribution is 2.38. The fourth-order valence-electron chi connectivity index (χ4n) is 2.95. The third-order valence-electron chi connectivity index (χ3n) is 3.88. The Morgan fingerprint density at radius 1 is 1.30 bits per heavy atom. The highest BCUT2D eigenvalue weighted by atomic mass is 79.9. The molecule has 5 heteroatoms. The smallest absolute Gasteiger partial charge is 0.204 e. The number of benzene rings is 1. The molecule has 4 rings (SSSR count). The molecule has 0 aliphatic carbocycles. The summed E-state index contributed by atoms with van der Waals surface area (Å²) < 4.78 is 3.27. The van der Waals surface area contributed by atoms with Crippen molar-refractivity contribution in [3.63, 3.8) is 0 Å². The van der Waals surface area contributed by atoms with Crippen LogP contribution >= 0.6 is 15.9 Å². The lowest BCUT2D eigenvalue weighted by molar-refractivity contribution is 0.618. The summed E-state index contributed by atoms with van der Waals surface area (Å²) in [5.41, 5.74) is 4.52. The van der Waals surface area contributed by atoms with Gasteiger partial charge in [0.25, 0.3) is 0 Å². The van der Waals surface area contributed by atoms with E-state index < -0.39 is 0 Å². The maximum Gasteiger partial charge on any atom is 0.204 e. The van der Waals surface area contributed by atoms with E-state index in [0.717, 1.165) is 47.0 Å². The number of nitrogens with one attached hydrogen (secondary N) is 2. The first-order chi connectivity index (χ1) is 9.75. The fourth-order valence-corrected chi connectivity index (χ4v) is 3.58. The van der Waals surface area contributed by atoms with Crippen LogP contribution in [0.25, 0.3) is 22.2 Å². The Bertz CT molecular complexity index is 800. The first-order valence-corrected chi connectivity index (χ1v) is 7.62. The highest BCUT2D eigenvalue weighted by Gasteiger charge is 2.22. The van der Waals surface area contributed by atoms with Gasteiger partial charge in [-0.15, -0.1) is 0 Å². The minimum atomic E-state index is 0.961. The van der Waals surface area contributed by atoms with Crippen molar-refractivity contribution in [3.8, 4) is 11.3 Å². The summed E-state index contributed by atoms with van der Waals surface area (Å²) in [5, 5.41) is 4.59. The van der Waals surface area contributed by atoms with E-state index in [1.807, 2.05) is 0 Å². The molecular weight excluding hydrogens is 316 g/mol. The van der Waals surface area contributed by atoms with E-state index in [-0.39, 0.29) is 0 Å². The van der Waals surface area contributed by atoms with Gasteiger partial charge in [0.05, 0.1) is 0 Å². The molecule has 0 atom stereocenters. The van der Waals surface area contributed by atoms with E-state index in [0.29, 0.717) is 0 Å². The predicted molar refractivity (Wildman–Crippen MR) is 85.1 cm³/mol. The van der Waals surface area contributed by atoms with E-state index in [1.165, 1.54) is 10.9 Å². The van der Waals surface area contributed by atoms with Crippen LogP contribution in [-0.2, 0) is 6.54 Å². The van der Waals surface area contributed by atoms with Crippen LogP contribution in [0.5, 0.6) is 0 Å². The average Bonchev–Trinajstić information content (AvgIpc) is 2.96. The quantitative estimate of drug-likeness (QED) is 0.710. The number of halogens is 1. The number of anilines is 1. The van der Waals surface area contributed by atoms with Crippen molar-refractivity contribution >= 4 is 32.8 Å². The number of aryl methyl sites for hydroxylation is 1. The van der Waals surface area contributed by atoms with Gasteiger partial charge in [0.15, 0.2) is 0 Å². The lowest BCUT2D eigenvalue weighted by Gasteiger charge is -2.15. The lowest BCUT2D eigenvalue weighted by Crippen LogP contribution is -2.17. The van der Waals surface area contributed by atoms with Gasteiger partial charge < -0.3 is 14.9 Å². The molecule has 2 N–H and O–H groups in total. The van der Waals surface area contributed by atoms with Crippen molar-refractivity contribution < 1.29 is 0 Å². The predicted octanol–water partition coefficient (Wildman–Crippen LogP) is 3.92. The van der Waals surface area contributed by atoms with Crippen LogP contribution in [0.2, 0.25) is 0 Å². The molecule has 1 aromatic carbocycles. The molecule has 0 unspecified atom stereocenters. The largest absolute Gasteiger partial charge is 0.358 e.